The first-order valence-electron chi connectivity index (χ1n) is 9.66. The van der Waals surface area contributed by atoms with Crippen molar-refractivity contribution in [3.05, 3.63) is 57.5 Å². The number of anilines is 1. The molecule has 0 saturated heterocycles. The second kappa shape index (κ2) is 8.14. The van der Waals surface area contributed by atoms with Crippen molar-refractivity contribution in [3.63, 3.8) is 0 Å². The molecule has 0 saturated carbocycles. The van der Waals surface area contributed by atoms with Gasteiger partial charge in [-0.05, 0) is 43.4 Å². The molecular weight excluding hydrogens is 372 g/mol. The number of nitrogens with zero attached hydrogens (tertiary/aromatic N) is 3. The average molecular weight is 397 g/mol. The normalized spacial score (nSPS) is 12.9. The van der Waals surface area contributed by atoms with Crippen LogP contribution in [0.1, 0.15) is 23.3 Å². The number of fused-ring (bicyclic) bond motifs is 3. The van der Waals surface area contributed by atoms with E-state index in [1.165, 1.54) is 15.8 Å². The van der Waals surface area contributed by atoms with Crippen molar-refractivity contribution >= 4 is 33.1 Å². The number of aromatic nitrogens is 2. The molecule has 2 aromatic heterocycles. The summed E-state index contributed by atoms with van der Waals surface area (Å²) < 4.78 is 1.43. The van der Waals surface area contributed by atoms with Crippen molar-refractivity contribution < 1.29 is 4.79 Å². The number of carbonyl (C=O) groups is 1. The summed E-state index contributed by atoms with van der Waals surface area (Å²) in [5.41, 5.74) is 2.21. The standard InChI is InChI=1S/C21H24N4O2S/c1-24(15-7-3-2-4-8-15)12-6-11-22-18(26)13-25-14-23-20-19(21(25)27)16-9-5-10-17(16)28-20/h2-4,7-8,14H,5-6,9-13H2,1H3,(H,22,26). The van der Waals surface area contributed by atoms with E-state index in [1.807, 2.05) is 25.2 Å². The van der Waals surface area contributed by atoms with Crippen LogP contribution in [0.4, 0.5) is 5.69 Å². The second-order valence-corrected chi connectivity index (χ2v) is 8.26. The van der Waals surface area contributed by atoms with E-state index in [1.54, 1.807) is 11.3 Å². The first-order valence-corrected chi connectivity index (χ1v) is 10.5. The predicted octanol–water partition coefficient (Wildman–Crippen LogP) is 2.59. The minimum atomic E-state index is -0.155. The predicted molar refractivity (Wildman–Crippen MR) is 113 cm³/mol. The number of hydrogen-bond donors (Lipinski definition) is 1. The lowest BCUT2D eigenvalue weighted by Gasteiger charge is -2.19. The number of aryl methyl sites for hydroxylation is 2. The van der Waals surface area contributed by atoms with Gasteiger partial charge in [0.05, 0.1) is 11.7 Å². The Bertz CT molecular complexity index is 1040. The summed E-state index contributed by atoms with van der Waals surface area (Å²) in [5, 5.41) is 3.63. The van der Waals surface area contributed by atoms with Crippen molar-refractivity contribution in [2.75, 3.05) is 25.0 Å². The lowest BCUT2D eigenvalue weighted by Crippen LogP contribution is -2.34. The van der Waals surface area contributed by atoms with Gasteiger partial charge in [-0.2, -0.15) is 0 Å². The second-order valence-electron chi connectivity index (χ2n) is 7.18. The average Bonchev–Trinajstić information content (AvgIpc) is 3.29. The highest BCUT2D eigenvalue weighted by Gasteiger charge is 2.21. The van der Waals surface area contributed by atoms with Crippen molar-refractivity contribution in [1.29, 1.82) is 0 Å². The molecule has 0 atom stereocenters. The minimum absolute atomic E-state index is 0.0148. The summed E-state index contributed by atoms with van der Waals surface area (Å²) in [7, 11) is 2.04. The number of thiophene rings is 1. The molecule has 1 aliphatic carbocycles. The Hall–Kier alpha value is -2.67. The maximum absolute atomic E-state index is 12.8. The zero-order valence-corrected chi connectivity index (χ0v) is 16.8. The zero-order chi connectivity index (χ0) is 19.5. The molecular formula is C21H24N4O2S. The lowest BCUT2D eigenvalue weighted by molar-refractivity contribution is -0.121. The van der Waals surface area contributed by atoms with Crippen molar-refractivity contribution in [2.45, 2.75) is 32.2 Å². The van der Waals surface area contributed by atoms with Gasteiger partial charge < -0.3 is 10.2 Å². The molecule has 7 heteroatoms. The quantitative estimate of drug-likeness (QED) is 0.624. The van der Waals surface area contributed by atoms with Crippen LogP contribution in [0.3, 0.4) is 0 Å². The van der Waals surface area contributed by atoms with Gasteiger partial charge in [-0.1, -0.05) is 18.2 Å². The molecule has 3 aromatic rings. The first-order chi connectivity index (χ1) is 13.6. The van der Waals surface area contributed by atoms with E-state index in [-0.39, 0.29) is 18.0 Å². The van der Waals surface area contributed by atoms with Gasteiger partial charge in [0.1, 0.15) is 11.4 Å². The molecule has 0 spiro atoms. The third-order valence-electron chi connectivity index (χ3n) is 5.20. The van der Waals surface area contributed by atoms with Gasteiger partial charge in [0.25, 0.3) is 5.56 Å². The van der Waals surface area contributed by atoms with E-state index in [4.69, 9.17) is 0 Å². The maximum Gasteiger partial charge on any atom is 0.262 e. The molecule has 28 heavy (non-hydrogen) atoms. The Balaban J connectivity index is 1.32. The molecule has 1 aromatic carbocycles. The summed E-state index contributed by atoms with van der Waals surface area (Å²) in [6.45, 7) is 1.44. The topological polar surface area (TPSA) is 67.2 Å². The van der Waals surface area contributed by atoms with E-state index in [0.29, 0.717) is 6.54 Å². The number of carbonyl (C=O) groups excluding carboxylic acids is 1. The van der Waals surface area contributed by atoms with E-state index in [2.05, 4.69) is 27.3 Å². The number of benzene rings is 1. The van der Waals surface area contributed by atoms with Gasteiger partial charge >= 0.3 is 0 Å². The molecule has 0 fully saturated rings. The van der Waals surface area contributed by atoms with E-state index < -0.39 is 0 Å². The molecule has 1 N–H and O–H groups in total. The number of amides is 1. The highest BCUT2D eigenvalue weighted by atomic mass is 32.1. The van der Waals surface area contributed by atoms with E-state index >= 15 is 0 Å². The van der Waals surface area contributed by atoms with E-state index in [0.717, 1.165) is 53.7 Å². The van der Waals surface area contributed by atoms with Crippen LogP contribution in [-0.4, -0.2) is 35.6 Å². The van der Waals surface area contributed by atoms with Crippen molar-refractivity contribution in [2.24, 2.45) is 0 Å². The SMILES string of the molecule is CN(CCCNC(=O)Cn1cnc2sc3c(c2c1=O)CCC3)c1ccccc1. The van der Waals surface area contributed by atoms with Crippen LogP contribution < -0.4 is 15.8 Å². The Kier molecular flexibility index (Phi) is 5.43. The van der Waals surface area contributed by atoms with Crippen LogP contribution in [0.5, 0.6) is 0 Å². The minimum Gasteiger partial charge on any atom is -0.375 e. The van der Waals surface area contributed by atoms with Crippen molar-refractivity contribution in [3.8, 4) is 0 Å². The van der Waals surface area contributed by atoms with Gasteiger partial charge in [-0.25, -0.2) is 4.98 Å². The van der Waals surface area contributed by atoms with Gasteiger partial charge in [-0.3, -0.25) is 14.2 Å². The number of nitrogens with one attached hydrogen (secondary N) is 1. The van der Waals surface area contributed by atoms with E-state index in [9.17, 15) is 9.59 Å². The first kappa shape index (κ1) is 18.7. The zero-order valence-electron chi connectivity index (χ0n) is 16.0. The Morgan fingerprint density at radius 1 is 1.29 bits per heavy atom. The molecule has 0 unspecified atom stereocenters. The smallest absolute Gasteiger partial charge is 0.262 e. The molecule has 4 rings (SSSR count). The highest BCUT2D eigenvalue weighted by molar-refractivity contribution is 7.18. The van der Waals surface area contributed by atoms with Gasteiger partial charge in [-0.15, -0.1) is 11.3 Å². The Morgan fingerprint density at radius 3 is 2.93 bits per heavy atom. The summed E-state index contributed by atoms with van der Waals surface area (Å²) in [4.78, 5) is 33.7. The summed E-state index contributed by atoms with van der Waals surface area (Å²) in [6, 6.07) is 10.2. The number of para-hydroxylation sites is 1. The monoisotopic (exact) mass is 396 g/mol. The highest BCUT2D eigenvalue weighted by Crippen LogP contribution is 2.34. The third kappa shape index (κ3) is 3.80. The van der Waals surface area contributed by atoms with Crippen LogP contribution >= 0.6 is 11.3 Å². The summed E-state index contributed by atoms with van der Waals surface area (Å²) >= 11 is 1.62. The van der Waals surface area contributed by atoms with Crippen LogP contribution in [-0.2, 0) is 24.2 Å². The molecule has 0 bridgehead atoms. The molecule has 1 amide bonds. The van der Waals surface area contributed by atoms with Crippen molar-refractivity contribution in [1.82, 2.24) is 14.9 Å². The molecule has 6 nitrogen and oxygen atoms in total. The fourth-order valence-corrected chi connectivity index (χ4v) is 4.92. The van der Waals surface area contributed by atoms with Crippen LogP contribution in [0.25, 0.3) is 10.2 Å². The molecule has 146 valence electrons. The molecule has 0 radical (unpaired) electrons. The summed E-state index contributed by atoms with van der Waals surface area (Å²) in [5.74, 6) is -0.155. The fraction of sp³-hybridized carbons (Fsp3) is 0.381. The Labute approximate surface area is 167 Å². The molecule has 2 heterocycles. The largest absolute Gasteiger partial charge is 0.375 e. The number of hydrogen-bond acceptors (Lipinski definition) is 5. The van der Waals surface area contributed by atoms with Gasteiger partial charge in [0, 0.05) is 30.7 Å². The van der Waals surface area contributed by atoms with Crippen LogP contribution in [0.2, 0.25) is 0 Å². The van der Waals surface area contributed by atoms with Gasteiger partial charge in [0.2, 0.25) is 5.91 Å². The molecule has 0 aliphatic heterocycles. The summed E-state index contributed by atoms with van der Waals surface area (Å²) in [6.07, 6.45) is 5.41. The third-order valence-corrected chi connectivity index (χ3v) is 6.40. The molecule has 1 aliphatic rings. The lowest BCUT2D eigenvalue weighted by atomic mass is 10.2. The van der Waals surface area contributed by atoms with Crippen LogP contribution in [0, 0.1) is 0 Å². The Morgan fingerprint density at radius 2 is 2.11 bits per heavy atom. The fourth-order valence-electron chi connectivity index (χ4n) is 3.70. The van der Waals surface area contributed by atoms with Crippen LogP contribution in [0.15, 0.2) is 41.5 Å². The van der Waals surface area contributed by atoms with Gasteiger partial charge in [0.15, 0.2) is 0 Å². The maximum atomic E-state index is 12.8. The number of rotatable bonds is 7.